The number of piperidine rings is 1. The van der Waals surface area contributed by atoms with E-state index in [1.807, 2.05) is 18.2 Å². The first kappa shape index (κ1) is 22.8. The number of rotatable bonds is 4. The number of halogens is 1. The van der Waals surface area contributed by atoms with Crippen molar-refractivity contribution in [3.05, 3.63) is 88.3 Å². The summed E-state index contributed by atoms with van der Waals surface area (Å²) in [6, 6.07) is 6.09. The number of ether oxygens (including phenoxy) is 1. The standard InChI is InChI=1S/C28H29FN4O3/c1-3-35-27(34)28(20-7-9-21(29)10-8-20)33-14-4-5-25(26(33)31-36-28)24-12-6-19-15-22(11-13-23(19)24)32-16-18(2)30-17-32/h7-11,13,16-17,22H,3-6,12,14-15H2,1-2H3/b25-24+. The maximum absolute atomic E-state index is 13.7. The maximum atomic E-state index is 13.7. The largest absolute Gasteiger partial charge is 0.461 e. The number of esters is 1. The summed E-state index contributed by atoms with van der Waals surface area (Å²) < 4.78 is 21.3. The summed E-state index contributed by atoms with van der Waals surface area (Å²) in [5.74, 6) is -0.232. The Balaban J connectivity index is 1.35. The van der Waals surface area contributed by atoms with Crippen molar-refractivity contribution < 1.29 is 18.8 Å². The Morgan fingerprint density at radius 2 is 2.06 bits per heavy atom. The molecule has 0 N–H and O–H groups in total. The zero-order valence-electron chi connectivity index (χ0n) is 20.5. The molecule has 6 rings (SSSR count). The van der Waals surface area contributed by atoms with E-state index in [2.05, 4.69) is 33.1 Å². The Hall–Kier alpha value is -3.68. The minimum Gasteiger partial charge on any atom is -0.461 e. The van der Waals surface area contributed by atoms with Gasteiger partial charge in [0, 0.05) is 23.9 Å². The van der Waals surface area contributed by atoms with Gasteiger partial charge < -0.3 is 19.0 Å². The fourth-order valence-electron chi connectivity index (χ4n) is 5.89. The number of fused-ring (bicyclic) bond motifs is 1. The molecule has 2 atom stereocenters. The lowest BCUT2D eigenvalue weighted by Crippen LogP contribution is -2.54. The number of carbonyl (C=O) groups excluding carboxylic acids is 1. The summed E-state index contributed by atoms with van der Waals surface area (Å²) in [6.07, 6.45) is 13.1. The molecule has 3 heterocycles. The van der Waals surface area contributed by atoms with Gasteiger partial charge in [0.2, 0.25) is 0 Å². The highest BCUT2D eigenvalue weighted by Gasteiger charge is 2.57. The lowest BCUT2D eigenvalue weighted by Gasteiger charge is -2.38. The average molecular weight is 489 g/mol. The zero-order chi connectivity index (χ0) is 24.9. The highest BCUT2D eigenvalue weighted by Crippen LogP contribution is 2.47. The predicted molar refractivity (Wildman–Crippen MR) is 132 cm³/mol. The number of imidazole rings is 1. The molecule has 1 saturated heterocycles. The molecule has 186 valence electrons. The molecule has 2 aliphatic carbocycles. The molecule has 36 heavy (non-hydrogen) atoms. The summed E-state index contributed by atoms with van der Waals surface area (Å²) in [7, 11) is 0. The van der Waals surface area contributed by atoms with Gasteiger partial charge >= 0.3 is 11.7 Å². The molecule has 1 aromatic heterocycles. The second kappa shape index (κ2) is 8.76. The molecular formula is C28H29FN4O3. The van der Waals surface area contributed by atoms with Crippen LogP contribution in [0.25, 0.3) is 0 Å². The van der Waals surface area contributed by atoms with Crippen molar-refractivity contribution in [1.82, 2.24) is 14.5 Å². The van der Waals surface area contributed by atoms with Crippen molar-refractivity contribution >= 4 is 11.8 Å². The summed E-state index contributed by atoms with van der Waals surface area (Å²) in [4.78, 5) is 25.6. The van der Waals surface area contributed by atoms with Gasteiger partial charge in [-0.15, -0.1) is 0 Å². The second-order valence-corrected chi connectivity index (χ2v) is 9.70. The lowest BCUT2D eigenvalue weighted by molar-refractivity contribution is -0.189. The van der Waals surface area contributed by atoms with E-state index < -0.39 is 11.7 Å². The smallest absolute Gasteiger partial charge is 0.380 e. The third-order valence-corrected chi connectivity index (χ3v) is 7.57. The van der Waals surface area contributed by atoms with Crippen molar-refractivity contribution in [2.24, 2.45) is 5.16 Å². The summed E-state index contributed by atoms with van der Waals surface area (Å²) in [5, 5.41) is 4.47. The number of aryl methyl sites for hydroxylation is 1. The van der Waals surface area contributed by atoms with Crippen molar-refractivity contribution in [2.75, 3.05) is 13.2 Å². The Kier molecular flexibility index (Phi) is 5.54. The first-order chi connectivity index (χ1) is 17.5. The number of hydrogen-bond donors (Lipinski definition) is 0. The van der Waals surface area contributed by atoms with Crippen molar-refractivity contribution in [3.8, 4) is 0 Å². The molecule has 2 aromatic rings. The van der Waals surface area contributed by atoms with Crippen LogP contribution in [0.4, 0.5) is 4.39 Å². The lowest BCUT2D eigenvalue weighted by atomic mass is 9.89. The number of nitrogens with zero attached hydrogens (tertiary/aromatic N) is 4. The van der Waals surface area contributed by atoms with Crippen LogP contribution < -0.4 is 0 Å². The molecule has 1 aromatic carbocycles. The Bertz CT molecular complexity index is 1340. The van der Waals surface area contributed by atoms with E-state index in [9.17, 15) is 9.18 Å². The topological polar surface area (TPSA) is 69.0 Å². The normalized spacial score (nSPS) is 27.0. The molecule has 0 saturated carbocycles. The van der Waals surface area contributed by atoms with E-state index in [1.165, 1.54) is 28.9 Å². The fraction of sp³-hybridized carbons (Fsp3) is 0.393. The van der Waals surface area contributed by atoms with Crippen LogP contribution in [0.5, 0.6) is 0 Å². The van der Waals surface area contributed by atoms with Crippen LogP contribution >= 0.6 is 0 Å². The zero-order valence-corrected chi connectivity index (χ0v) is 20.5. The van der Waals surface area contributed by atoms with Crippen LogP contribution in [-0.2, 0) is 20.1 Å². The van der Waals surface area contributed by atoms with E-state index >= 15 is 0 Å². The van der Waals surface area contributed by atoms with Gasteiger partial charge in [-0.1, -0.05) is 22.9 Å². The minimum atomic E-state index is -1.55. The second-order valence-electron chi connectivity index (χ2n) is 9.70. The molecule has 0 spiro atoms. The minimum absolute atomic E-state index is 0.209. The molecule has 2 aliphatic heterocycles. The molecule has 4 aliphatic rings. The van der Waals surface area contributed by atoms with E-state index in [4.69, 9.17) is 9.57 Å². The van der Waals surface area contributed by atoms with E-state index in [1.54, 1.807) is 19.1 Å². The fourth-order valence-corrected chi connectivity index (χ4v) is 5.89. The van der Waals surface area contributed by atoms with E-state index in [0.29, 0.717) is 17.9 Å². The van der Waals surface area contributed by atoms with Crippen LogP contribution in [0.2, 0.25) is 0 Å². The predicted octanol–water partition coefficient (Wildman–Crippen LogP) is 5.07. The van der Waals surface area contributed by atoms with Crippen LogP contribution in [0, 0.1) is 12.7 Å². The summed E-state index contributed by atoms with van der Waals surface area (Å²) in [6.45, 7) is 4.57. The highest BCUT2D eigenvalue weighted by atomic mass is 19.1. The van der Waals surface area contributed by atoms with Crippen molar-refractivity contribution in [2.45, 2.75) is 57.7 Å². The molecule has 0 radical (unpaired) electrons. The van der Waals surface area contributed by atoms with Gasteiger partial charge in [-0.25, -0.2) is 14.2 Å². The molecule has 1 fully saturated rings. The monoisotopic (exact) mass is 488 g/mol. The van der Waals surface area contributed by atoms with Crippen LogP contribution in [0.15, 0.2) is 76.4 Å². The highest BCUT2D eigenvalue weighted by molar-refractivity contribution is 6.04. The summed E-state index contributed by atoms with van der Waals surface area (Å²) in [5.41, 5.74) is 5.13. The average Bonchev–Trinajstić information content (AvgIpc) is 3.61. The van der Waals surface area contributed by atoms with Gasteiger partial charge in [-0.2, -0.15) is 0 Å². The Morgan fingerprint density at radius 3 is 2.81 bits per heavy atom. The Morgan fingerprint density at radius 1 is 1.22 bits per heavy atom. The molecular weight excluding hydrogens is 459 g/mol. The van der Waals surface area contributed by atoms with Gasteiger partial charge in [0.15, 0.2) is 5.84 Å². The third kappa shape index (κ3) is 3.50. The number of allylic oxidation sites excluding steroid dienone is 5. The maximum Gasteiger partial charge on any atom is 0.380 e. The number of carbonyl (C=O) groups is 1. The molecule has 0 bridgehead atoms. The first-order valence-electron chi connectivity index (χ1n) is 12.6. The Labute approximate surface area is 209 Å². The van der Waals surface area contributed by atoms with Gasteiger partial charge in [-0.3, -0.25) is 0 Å². The first-order valence-corrected chi connectivity index (χ1v) is 12.6. The van der Waals surface area contributed by atoms with Crippen LogP contribution in [0.3, 0.4) is 0 Å². The van der Waals surface area contributed by atoms with Crippen molar-refractivity contribution in [1.29, 1.82) is 0 Å². The number of benzene rings is 1. The number of hydrogen-bond acceptors (Lipinski definition) is 6. The molecule has 8 heteroatoms. The quantitative estimate of drug-likeness (QED) is 0.562. The van der Waals surface area contributed by atoms with Gasteiger partial charge in [0.1, 0.15) is 5.82 Å². The number of aromatic nitrogens is 2. The number of amidine groups is 1. The number of oxime groups is 1. The van der Waals surface area contributed by atoms with Crippen LogP contribution in [0.1, 0.15) is 56.3 Å². The molecule has 2 unspecified atom stereocenters. The van der Waals surface area contributed by atoms with Crippen molar-refractivity contribution in [3.63, 3.8) is 0 Å². The SMILES string of the molecule is CCOC(=O)C1(c2ccc(F)cc2)ON=C2/C(=C3\CCC4=C3C=CC(n3cnc(C)c3)C4)CCCN21. The molecule has 0 amide bonds. The van der Waals surface area contributed by atoms with Gasteiger partial charge in [0.25, 0.3) is 0 Å². The van der Waals surface area contributed by atoms with E-state index in [-0.39, 0.29) is 18.5 Å². The third-order valence-electron chi connectivity index (χ3n) is 7.57. The summed E-state index contributed by atoms with van der Waals surface area (Å²) >= 11 is 0. The molecule has 7 nitrogen and oxygen atoms in total. The van der Waals surface area contributed by atoms with Crippen LogP contribution in [-0.4, -0.2) is 39.4 Å². The van der Waals surface area contributed by atoms with Gasteiger partial charge in [-0.05, 0) is 81.4 Å². The van der Waals surface area contributed by atoms with Gasteiger partial charge in [0.05, 0.1) is 24.7 Å². The van der Waals surface area contributed by atoms with E-state index in [0.717, 1.165) is 43.4 Å².